The Morgan fingerprint density at radius 3 is 2.53 bits per heavy atom. The first-order valence-corrected chi connectivity index (χ1v) is 11.5. The molecule has 0 bridgehead atoms. The van der Waals surface area contributed by atoms with Crippen LogP contribution < -0.4 is 20.1 Å². The van der Waals surface area contributed by atoms with Gasteiger partial charge in [-0.3, -0.25) is 9.59 Å². The zero-order valence-corrected chi connectivity index (χ0v) is 20.5. The Labute approximate surface area is 213 Å². The number of rotatable bonds is 8. The summed E-state index contributed by atoms with van der Waals surface area (Å²) in [5, 5.41) is 5.80. The van der Waals surface area contributed by atoms with Gasteiger partial charge in [0.25, 0.3) is 5.91 Å². The van der Waals surface area contributed by atoms with E-state index in [0.717, 1.165) is 16.0 Å². The third-order valence-corrected chi connectivity index (χ3v) is 5.81. The molecular weight excluding hydrogens is 482 g/mol. The Bertz CT molecular complexity index is 1340. The van der Waals surface area contributed by atoms with Crippen LogP contribution in [0.4, 0.5) is 10.5 Å². The standard InChI is InChI=1S/C27H24ClN3O5/c1-17-7-10-20(11-8-17)29-25(32)15-31-26(33)22(30-27(31)34)13-18-9-12-23(24(14-18)35-2)36-16-19-5-3-4-6-21(19)28/h3-14H,15-16H2,1-2H3,(H,29,32)(H,30,34)/b22-13+. The van der Waals surface area contributed by atoms with Crippen molar-refractivity contribution in [2.45, 2.75) is 13.5 Å². The third-order valence-electron chi connectivity index (χ3n) is 5.44. The topological polar surface area (TPSA) is 97.0 Å². The number of hydrogen-bond acceptors (Lipinski definition) is 5. The van der Waals surface area contributed by atoms with Gasteiger partial charge in [-0.2, -0.15) is 0 Å². The van der Waals surface area contributed by atoms with Crippen LogP contribution in [-0.4, -0.2) is 36.4 Å². The number of anilines is 1. The lowest BCUT2D eigenvalue weighted by atomic mass is 10.1. The number of hydrogen-bond donors (Lipinski definition) is 2. The molecule has 1 aliphatic rings. The van der Waals surface area contributed by atoms with Crippen LogP contribution in [-0.2, 0) is 16.2 Å². The van der Waals surface area contributed by atoms with Gasteiger partial charge in [-0.25, -0.2) is 9.69 Å². The van der Waals surface area contributed by atoms with Gasteiger partial charge in [0, 0.05) is 16.3 Å². The van der Waals surface area contributed by atoms with Gasteiger partial charge in [-0.1, -0.05) is 53.6 Å². The fourth-order valence-corrected chi connectivity index (χ4v) is 3.72. The molecule has 4 amide bonds. The summed E-state index contributed by atoms with van der Waals surface area (Å²) in [7, 11) is 1.51. The van der Waals surface area contributed by atoms with Gasteiger partial charge in [-0.15, -0.1) is 0 Å². The first-order valence-electron chi connectivity index (χ1n) is 11.1. The lowest BCUT2D eigenvalue weighted by molar-refractivity contribution is -0.127. The second-order valence-corrected chi connectivity index (χ2v) is 8.49. The average Bonchev–Trinajstić information content (AvgIpc) is 3.12. The van der Waals surface area contributed by atoms with Crippen molar-refractivity contribution in [1.82, 2.24) is 10.2 Å². The van der Waals surface area contributed by atoms with Crippen LogP contribution in [0.2, 0.25) is 5.02 Å². The number of urea groups is 1. The summed E-state index contributed by atoms with van der Waals surface area (Å²) in [6.45, 7) is 1.78. The number of benzene rings is 3. The fraction of sp³-hybridized carbons (Fsp3) is 0.148. The van der Waals surface area contributed by atoms with Gasteiger partial charge in [0.15, 0.2) is 11.5 Å². The second-order valence-electron chi connectivity index (χ2n) is 8.08. The van der Waals surface area contributed by atoms with Crippen molar-refractivity contribution in [3.05, 3.63) is 94.1 Å². The van der Waals surface area contributed by atoms with E-state index in [0.29, 0.717) is 27.8 Å². The van der Waals surface area contributed by atoms with Crippen LogP contribution in [0.3, 0.4) is 0 Å². The molecule has 0 atom stereocenters. The molecule has 8 nitrogen and oxygen atoms in total. The van der Waals surface area contributed by atoms with E-state index in [2.05, 4.69) is 10.6 Å². The minimum atomic E-state index is -0.669. The number of carbonyl (C=O) groups is 3. The number of aryl methyl sites for hydroxylation is 1. The van der Waals surface area contributed by atoms with E-state index in [-0.39, 0.29) is 12.3 Å². The zero-order valence-electron chi connectivity index (χ0n) is 19.7. The Balaban J connectivity index is 1.43. The summed E-state index contributed by atoms with van der Waals surface area (Å²) in [6.07, 6.45) is 1.51. The molecular formula is C27H24ClN3O5. The highest BCUT2D eigenvalue weighted by Crippen LogP contribution is 2.30. The van der Waals surface area contributed by atoms with Gasteiger partial charge >= 0.3 is 6.03 Å². The van der Waals surface area contributed by atoms with E-state index in [9.17, 15) is 14.4 Å². The molecule has 4 rings (SSSR count). The van der Waals surface area contributed by atoms with Crippen molar-refractivity contribution in [2.75, 3.05) is 19.0 Å². The number of nitrogens with one attached hydrogen (secondary N) is 2. The highest BCUT2D eigenvalue weighted by molar-refractivity contribution is 6.31. The summed E-state index contributed by atoms with van der Waals surface area (Å²) in [6, 6.07) is 19.0. The number of imide groups is 1. The summed E-state index contributed by atoms with van der Waals surface area (Å²) >= 11 is 6.18. The lowest BCUT2D eigenvalue weighted by Crippen LogP contribution is -2.38. The fourth-order valence-electron chi connectivity index (χ4n) is 3.53. The normalized spacial score (nSPS) is 14.1. The van der Waals surface area contributed by atoms with Crippen molar-refractivity contribution in [1.29, 1.82) is 0 Å². The van der Waals surface area contributed by atoms with Crippen LogP contribution in [0.15, 0.2) is 72.4 Å². The quantitative estimate of drug-likeness (QED) is 0.339. The Morgan fingerprint density at radius 2 is 1.81 bits per heavy atom. The first kappa shape index (κ1) is 24.8. The summed E-state index contributed by atoms with van der Waals surface area (Å²) in [5.74, 6) is -0.138. The maximum Gasteiger partial charge on any atom is 0.329 e. The molecule has 36 heavy (non-hydrogen) atoms. The highest BCUT2D eigenvalue weighted by atomic mass is 35.5. The number of amides is 4. The Kier molecular flexibility index (Phi) is 7.56. The molecule has 184 valence electrons. The SMILES string of the molecule is COc1cc(/C=C2/NC(=O)N(CC(=O)Nc3ccc(C)cc3)C2=O)ccc1OCc1ccccc1Cl. The number of nitrogens with zero attached hydrogens (tertiary/aromatic N) is 1. The van der Waals surface area contributed by atoms with E-state index in [1.165, 1.54) is 13.2 Å². The lowest BCUT2D eigenvalue weighted by Gasteiger charge is -2.12. The number of halogens is 1. The van der Waals surface area contributed by atoms with Crippen LogP contribution >= 0.6 is 11.6 Å². The monoisotopic (exact) mass is 505 g/mol. The molecule has 1 saturated heterocycles. The zero-order chi connectivity index (χ0) is 25.7. The van der Waals surface area contributed by atoms with Crippen molar-refractivity contribution < 1.29 is 23.9 Å². The van der Waals surface area contributed by atoms with Crippen molar-refractivity contribution in [3.63, 3.8) is 0 Å². The molecule has 1 fully saturated rings. The van der Waals surface area contributed by atoms with Crippen molar-refractivity contribution in [3.8, 4) is 11.5 Å². The van der Waals surface area contributed by atoms with Crippen LogP contribution in [0, 0.1) is 6.92 Å². The summed E-state index contributed by atoms with van der Waals surface area (Å²) in [4.78, 5) is 38.4. The molecule has 0 aromatic heterocycles. The first-order chi connectivity index (χ1) is 17.3. The van der Waals surface area contributed by atoms with E-state index in [1.807, 2.05) is 37.3 Å². The molecule has 3 aromatic rings. The van der Waals surface area contributed by atoms with Gasteiger partial charge in [-0.05, 0) is 48.9 Å². The summed E-state index contributed by atoms with van der Waals surface area (Å²) < 4.78 is 11.3. The molecule has 2 N–H and O–H groups in total. The maximum atomic E-state index is 12.8. The molecule has 3 aromatic carbocycles. The average molecular weight is 506 g/mol. The molecule has 0 unspecified atom stereocenters. The molecule has 1 aliphatic heterocycles. The van der Waals surface area contributed by atoms with E-state index in [4.69, 9.17) is 21.1 Å². The largest absolute Gasteiger partial charge is 0.493 e. The smallest absolute Gasteiger partial charge is 0.329 e. The number of ether oxygens (including phenoxy) is 2. The molecule has 1 heterocycles. The molecule has 0 radical (unpaired) electrons. The predicted octanol–water partition coefficient (Wildman–Crippen LogP) is 4.77. The Hall–Kier alpha value is -4.30. The predicted molar refractivity (Wildman–Crippen MR) is 137 cm³/mol. The van der Waals surface area contributed by atoms with Crippen molar-refractivity contribution >= 4 is 41.2 Å². The minimum absolute atomic E-state index is 0.0509. The Morgan fingerprint density at radius 1 is 1.06 bits per heavy atom. The number of carbonyl (C=O) groups excluding carboxylic acids is 3. The number of methoxy groups -OCH3 is 1. The second kappa shape index (κ2) is 11.0. The van der Waals surface area contributed by atoms with E-state index in [1.54, 1.807) is 36.4 Å². The molecule has 0 spiro atoms. The summed E-state index contributed by atoms with van der Waals surface area (Å²) in [5.41, 5.74) is 3.12. The van der Waals surface area contributed by atoms with Crippen molar-refractivity contribution in [2.24, 2.45) is 0 Å². The van der Waals surface area contributed by atoms with Gasteiger partial charge in [0.2, 0.25) is 5.91 Å². The van der Waals surface area contributed by atoms with Crippen LogP contribution in [0.25, 0.3) is 6.08 Å². The molecule has 0 saturated carbocycles. The van der Waals surface area contributed by atoms with Crippen LogP contribution in [0.1, 0.15) is 16.7 Å². The van der Waals surface area contributed by atoms with Gasteiger partial charge in [0.05, 0.1) is 7.11 Å². The van der Waals surface area contributed by atoms with Gasteiger partial charge in [0.1, 0.15) is 18.8 Å². The minimum Gasteiger partial charge on any atom is -0.493 e. The third kappa shape index (κ3) is 5.84. The maximum absolute atomic E-state index is 12.8. The molecule has 0 aliphatic carbocycles. The van der Waals surface area contributed by atoms with Crippen LogP contribution in [0.5, 0.6) is 11.5 Å². The van der Waals surface area contributed by atoms with Gasteiger partial charge < -0.3 is 20.1 Å². The molecule has 9 heteroatoms. The highest BCUT2D eigenvalue weighted by Gasteiger charge is 2.35. The van der Waals surface area contributed by atoms with E-state index >= 15 is 0 Å². The van der Waals surface area contributed by atoms with E-state index < -0.39 is 24.4 Å².